The number of hydrogen-bond acceptors (Lipinski definition) is 9. The number of aromatic nitrogens is 1. The van der Waals surface area contributed by atoms with E-state index in [2.05, 4.69) is 9.72 Å². The number of nitrogens with two attached hydrogens (primary N) is 2. The lowest BCUT2D eigenvalue weighted by Gasteiger charge is -2.16. The topological polar surface area (TPSA) is 209 Å². The number of aliphatic hydroxyl groups is 4. The average molecular weight is 472 g/mol. The molecule has 9 N–H and O–H groups in total. The Morgan fingerprint density at radius 3 is 2.16 bits per heavy atom. The van der Waals surface area contributed by atoms with E-state index in [1.807, 2.05) is 30.3 Å². The van der Waals surface area contributed by atoms with Gasteiger partial charge in [-0.1, -0.05) is 41.9 Å². The highest BCUT2D eigenvalue weighted by atomic mass is 35.5. The van der Waals surface area contributed by atoms with Crippen molar-refractivity contribution >= 4 is 23.5 Å². The van der Waals surface area contributed by atoms with Crippen LogP contribution >= 0.6 is 11.6 Å². The molecule has 12 heteroatoms. The van der Waals surface area contributed by atoms with Gasteiger partial charge in [-0.05, 0) is 24.1 Å². The van der Waals surface area contributed by atoms with Crippen molar-refractivity contribution in [3.05, 3.63) is 66.0 Å². The molecule has 32 heavy (non-hydrogen) atoms. The molecule has 1 saturated heterocycles. The molecule has 1 aliphatic heterocycles. The van der Waals surface area contributed by atoms with Crippen LogP contribution in [0.15, 0.2) is 54.9 Å². The summed E-state index contributed by atoms with van der Waals surface area (Å²) in [4.78, 5) is 24.5. The van der Waals surface area contributed by atoms with Crippen LogP contribution in [0, 0.1) is 0 Å². The molecule has 1 aromatic heterocycles. The van der Waals surface area contributed by atoms with Crippen LogP contribution < -0.4 is 11.5 Å². The van der Waals surface area contributed by atoms with Crippen LogP contribution in [0.3, 0.4) is 0 Å². The number of carboxylic acid groups (broad SMARTS) is 1. The molecule has 3 rings (SSSR count). The number of nitrogens with zero attached hydrogens (tertiary/aromatic N) is 1. The van der Waals surface area contributed by atoms with Gasteiger partial charge in [0.1, 0.15) is 18.2 Å². The number of amides is 1. The Balaban J connectivity index is 0.000000242. The fourth-order valence-electron chi connectivity index (χ4n) is 2.37. The molecule has 0 saturated carbocycles. The summed E-state index contributed by atoms with van der Waals surface area (Å²) in [6.07, 6.45) is -0.582. The van der Waals surface area contributed by atoms with Crippen LogP contribution in [0.25, 0.3) is 0 Å². The Bertz CT molecular complexity index is 841. The maximum absolute atomic E-state index is 10.4. The summed E-state index contributed by atoms with van der Waals surface area (Å²) in [6, 6.07) is 11.8. The van der Waals surface area contributed by atoms with Gasteiger partial charge in [0.2, 0.25) is 5.91 Å². The molecule has 176 valence electrons. The summed E-state index contributed by atoms with van der Waals surface area (Å²) >= 11 is 5.20. The number of alkyl halides is 1. The number of primary amides is 1. The maximum atomic E-state index is 10.4. The molecule has 1 aliphatic rings. The van der Waals surface area contributed by atoms with Crippen LogP contribution in [0.5, 0.6) is 0 Å². The molecule has 2 aromatic rings. The van der Waals surface area contributed by atoms with Crippen molar-refractivity contribution in [3.8, 4) is 0 Å². The number of carbonyl (C=O) groups excluding carboxylic acids is 1. The van der Waals surface area contributed by atoms with Crippen molar-refractivity contribution in [3.63, 3.8) is 0 Å². The lowest BCUT2D eigenvalue weighted by atomic mass is 10.1. The molecule has 1 amide bonds. The second-order valence-corrected chi connectivity index (χ2v) is 7.17. The number of carbonyl (C=O) groups is 2. The van der Waals surface area contributed by atoms with E-state index in [-0.39, 0.29) is 0 Å². The molecule has 0 aliphatic carbocycles. The summed E-state index contributed by atoms with van der Waals surface area (Å²) in [7, 11) is 0. The van der Waals surface area contributed by atoms with Crippen LogP contribution in [0.1, 0.15) is 15.9 Å². The quantitative estimate of drug-likeness (QED) is 0.259. The molecule has 0 radical (unpaired) electrons. The SMILES string of the molecule is NC(=O)c1cccnc1.N[C@@H](Cc1ccccc1)C(=O)O.OC[C@H]1OC(O)(Cl)[C@H](O)[C@@H]1O. The van der Waals surface area contributed by atoms with E-state index in [1.165, 1.54) is 6.20 Å². The largest absolute Gasteiger partial charge is 0.480 e. The van der Waals surface area contributed by atoms with Crippen molar-refractivity contribution in [1.29, 1.82) is 0 Å². The van der Waals surface area contributed by atoms with Gasteiger partial charge in [-0.2, -0.15) is 0 Å². The minimum atomic E-state index is -2.28. The Hall–Kier alpha value is -2.64. The van der Waals surface area contributed by atoms with Gasteiger partial charge in [0.15, 0.2) is 6.10 Å². The second kappa shape index (κ2) is 13.0. The first-order chi connectivity index (χ1) is 15.0. The number of ether oxygens (including phenoxy) is 1. The number of halogens is 1. The number of benzene rings is 1. The summed E-state index contributed by atoms with van der Waals surface area (Å²) in [6.45, 7) is -0.507. The van der Waals surface area contributed by atoms with E-state index < -0.39 is 48.1 Å². The van der Waals surface area contributed by atoms with Crippen molar-refractivity contribution in [1.82, 2.24) is 4.98 Å². The van der Waals surface area contributed by atoms with Crippen molar-refractivity contribution < 1.29 is 39.9 Å². The lowest BCUT2D eigenvalue weighted by molar-refractivity contribution is -0.169. The van der Waals surface area contributed by atoms with Crippen molar-refractivity contribution in [2.24, 2.45) is 11.5 Å². The molecule has 5 atom stereocenters. The highest BCUT2D eigenvalue weighted by Crippen LogP contribution is 2.31. The van der Waals surface area contributed by atoms with Crippen molar-refractivity contribution in [2.75, 3.05) is 6.61 Å². The molecular formula is C20H26ClN3O8. The Morgan fingerprint density at radius 1 is 1.19 bits per heavy atom. The van der Waals surface area contributed by atoms with Gasteiger partial charge in [0, 0.05) is 12.4 Å². The minimum absolute atomic E-state index is 0.385. The minimum Gasteiger partial charge on any atom is -0.480 e. The van der Waals surface area contributed by atoms with E-state index in [0.29, 0.717) is 12.0 Å². The highest BCUT2D eigenvalue weighted by Gasteiger charge is 2.52. The summed E-state index contributed by atoms with van der Waals surface area (Å²) in [5, 5.41) is 41.7. The normalized spacial score (nSPS) is 24.9. The lowest BCUT2D eigenvalue weighted by Crippen LogP contribution is -2.38. The van der Waals surface area contributed by atoms with E-state index in [4.69, 9.17) is 48.6 Å². The van der Waals surface area contributed by atoms with Crippen molar-refractivity contribution in [2.45, 2.75) is 36.0 Å². The number of rotatable bonds is 5. The molecule has 1 aromatic carbocycles. The molecular weight excluding hydrogens is 446 g/mol. The predicted molar refractivity (Wildman–Crippen MR) is 113 cm³/mol. The van der Waals surface area contributed by atoms with Gasteiger partial charge in [-0.15, -0.1) is 0 Å². The summed E-state index contributed by atoms with van der Waals surface area (Å²) in [5.74, 6) is -1.40. The maximum Gasteiger partial charge on any atom is 0.320 e. The fraction of sp³-hybridized carbons (Fsp3) is 0.350. The Morgan fingerprint density at radius 2 is 1.81 bits per heavy atom. The molecule has 0 bridgehead atoms. The van der Waals surface area contributed by atoms with Crippen LogP contribution in [0.4, 0.5) is 0 Å². The van der Waals surface area contributed by atoms with Crippen LogP contribution in [0.2, 0.25) is 0 Å². The number of aliphatic carboxylic acids is 1. The number of hydrogen-bond donors (Lipinski definition) is 7. The van der Waals surface area contributed by atoms with Gasteiger partial charge in [-0.25, -0.2) is 0 Å². The zero-order valence-corrected chi connectivity index (χ0v) is 17.6. The smallest absolute Gasteiger partial charge is 0.320 e. The first kappa shape index (κ1) is 27.4. The van der Waals surface area contributed by atoms with Gasteiger partial charge in [-0.3, -0.25) is 14.6 Å². The number of carboxylic acids is 1. The number of pyridine rings is 1. The van der Waals surface area contributed by atoms with Gasteiger partial charge in [0.05, 0.1) is 12.2 Å². The van der Waals surface area contributed by atoms with E-state index in [1.54, 1.807) is 18.3 Å². The molecule has 2 heterocycles. The van der Waals surface area contributed by atoms with Crippen LogP contribution in [-0.2, 0) is 16.0 Å². The first-order valence-corrected chi connectivity index (χ1v) is 9.65. The summed E-state index contributed by atoms with van der Waals surface area (Å²) in [5.41, 5.74) is 11.7. The molecule has 1 fully saturated rings. The van der Waals surface area contributed by atoms with Gasteiger partial charge in [0.25, 0.3) is 5.25 Å². The third kappa shape index (κ3) is 8.85. The predicted octanol–water partition coefficient (Wildman–Crippen LogP) is -1.19. The zero-order chi connectivity index (χ0) is 24.3. The average Bonchev–Trinajstić information content (AvgIpc) is 2.98. The third-order valence-electron chi connectivity index (χ3n) is 4.13. The van der Waals surface area contributed by atoms with Gasteiger partial charge >= 0.3 is 5.97 Å². The van der Waals surface area contributed by atoms with Crippen LogP contribution in [-0.4, -0.2) is 78.6 Å². The fourth-order valence-corrected chi connectivity index (χ4v) is 2.62. The number of aliphatic hydroxyl groups excluding tert-OH is 3. The highest BCUT2D eigenvalue weighted by molar-refractivity contribution is 6.22. The monoisotopic (exact) mass is 471 g/mol. The standard InChI is InChI=1S/C9H11NO2.C6H6N2O.C5H9ClO5/c10-8(9(11)12)6-7-4-2-1-3-5-7;7-6(9)5-2-1-3-8-4-5;6-5(10)4(9)3(8)2(1-7)11-5/h1-5,8H,6,10H2,(H,11,12);1-4H,(H2,7,9);2-4,7-10H,1H2/t8-;;2-,3-,4-,5?/m0.1/s1. The van der Waals surface area contributed by atoms with E-state index in [9.17, 15) is 9.59 Å². The molecule has 1 unspecified atom stereocenters. The Kier molecular flexibility index (Phi) is 11.2. The summed E-state index contributed by atoms with van der Waals surface area (Å²) < 4.78 is 4.49. The van der Waals surface area contributed by atoms with E-state index >= 15 is 0 Å². The second-order valence-electron chi connectivity index (χ2n) is 6.62. The third-order valence-corrected chi connectivity index (χ3v) is 4.44. The zero-order valence-electron chi connectivity index (χ0n) is 16.9. The molecule has 11 nitrogen and oxygen atoms in total. The van der Waals surface area contributed by atoms with E-state index in [0.717, 1.165) is 5.56 Å². The van der Waals surface area contributed by atoms with Gasteiger partial charge < -0.3 is 41.7 Å². The molecule has 0 spiro atoms. The first-order valence-electron chi connectivity index (χ1n) is 9.27. The Labute approximate surface area is 188 Å².